The van der Waals surface area contributed by atoms with Crippen LogP contribution in [0.5, 0.6) is 0 Å². The van der Waals surface area contributed by atoms with Gasteiger partial charge in [0.2, 0.25) is 0 Å². The number of alkyl halides is 1. The van der Waals surface area contributed by atoms with Crippen molar-refractivity contribution in [2.45, 2.75) is 140 Å². The summed E-state index contributed by atoms with van der Waals surface area (Å²) in [6.07, 6.45) is 5.29. The molecule has 1 aromatic rings. The first kappa shape index (κ1) is 41.8. The number of allylic oxidation sites excluding steroid dienone is 4. The fraction of sp³-hybridized carbons (Fsp3) is 0.644. The van der Waals surface area contributed by atoms with Crippen molar-refractivity contribution in [1.82, 2.24) is 5.32 Å². The minimum absolute atomic E-state index is 0.00254. The van der Waals surface area contributed by atoms with Crippen LogP contribution in [-0.4, -0.2) is 93.0 Å². The number of carbonyl (C=O) groups excluding carboxylic acids is 5. The van der Waals surface area contributed by atoms with Crippen LogP contribution in [0.25, 0.3) is 0 Å². The van der Waals surface area contributed by atoms with Gasteiger partial charge < -0.3 is 35.5 Å². The zero-order valence-electron chi connectivity index (χ0n) is 34.5. The quantitative estimate of drug-likeness (QED) is 0.186. The molecule has 1 aliphatic heterocycles. The van der Waals surface area contributed by atoms with Gasteiger partial charge in [-0.05, 0) is 108 Å². The molecule has 1 saturated heterocycles. The lowest BCUT2D eigenvalue weighted by Crippen LogP contribution is -2.75. The van der Waals surface area contributed by atoms with E-state index < -0.39 is 93.7 Å². The molecule has 9 atom stereocenters. The average molecular weight is 818 g/mol. The summed E-state index contributed by atoms with van der Waals surface area (Å²) in [5.74, 6) is -3.41. The van der Waals surface area contributed by atoms with E-state index in [1.165, 1.54) is 12.2 Å². The Morgan fingerprint density at radius 1 is 1.07 bits per heavy atom. The smallest absolute Gasteiger partial charge is 0.306 e. The number of rotatable bonds is 11. The monoisotopic (exact) mass is 817 g/mol. The predicted molar refractivity (Wildman–Crippen MR) is 211 cm³/mol. The second-order valence-electron chi connectivity index (χ2n) is 19.8. The Bertz CT molecular complexity index is 2050. The first-order chi connectivity index (χ1) is 27.7. The van der Waals surface area contributed by atoms with Gasteiger partial charge >= 0.3 is 5.97 Å². The van der Waals surface area contributed by atoms with Gasteiger partial charge in [0.25, 0.3) is 11.8 Å². The van der Waals surface area contributed by atoms with Gasteiger partial charge in [-0.3, -0.25) is 24.0 Å². The largest absolute Gasteiger partial charge is 0.460 e. The summed E-state index contributed by atoms with van der Waals surface area (Å²) in [4.78, 5) is 67.7. The third-order valence-electron chi connectivity index (χ3n) is 15.0. The van der Waals surface area contributed by atoms with Crippen molar-refractivity contribution in [2.24, 2.45) is 38.8 Å². The van der Waals surface area contributed by atoms with Gasteiger partial charge in [0, 0.05) is 34.3 Å². The Balaban J connectivity index is 0.919. The molecule has 9 rings (SSSR count). The number of fused-ring (bicyclic) bond motifs is 7. The normalized spacial score (nSPS) is 40.4. The summed E-state index contributed by atoms with van der Waals surface area (Å²) in [6.45, 7) is 7.72. The highest BCUT2D eigenvalue weighted by Crippen LogP contribution is 2.73. The highest BCUT2D eigenvalue weighted by molar-refractivity contribution is 6.40. The van der Waals surface area contributed by atoms with Crippen LogP contribution in [0.15, 0.2) is 53.1 Å². The second kappa shape index (κ2) is 14.1. The maximum Gasteiger partial charge on any atom is 0.306 e. The van der Waals surface area contributed by atoms with Gasteiger partial charge in [-0.2, -0.15) is 0 Å². The number of carbonyl (C=O) groups is 5. The van der Waals surface area contributed by atoms with Crippen LogP contribution < -0.4 is 11.1 Å². The van der Waals surface area contributed by atoms with Gasteiger partial charge in [0.1, 0.15) is 17.9 Å². The van der Waals surface area contributed by atoms with E-state index in [2.05, 4.69) is 10.3 Å². The highest BCUT2D eigenvalue weighted by atomic mass is 19.1. The first-order valence-corrected chi connectivity index (χ1v) is 20.9. The van der Waals surface area contributed by atoms with E-state index >= 15 is 4.39 Å². The molecule has 6 saturated carbocycles. The Morgan fingerprint density at radius 3 is 2.41 bits per heavy atom. The summed E-state index contributed by atoms with van der Waals surface area (Å²) in [7, 11) is 0. The summed E-state index contributed by atoms with van der Waals surface area (Å²) in [6, 6.07) is 7.78. The maximum absolute atomic E-state index is 17.7. The van der Waals surface area contributed by atoms with E-state index in [1.54, 1.807) is 33.8 Å². The molecule has 5 N–H and O–H groups in total. The molecule has 0 aromatic heterocycles. The van der Waals surface area contributed by atoms with Crippen molar-refractivity contribution in [3.63, 3.8) is 0 Å². The molecule has 13 nitrogen and oxygen atoms in total. The minimum atomic E-state index is -2.08. The Hall–Kier alpha value is -3.95. The van der Waals surface area contributed by atoms with Crippen molar-refractivity contribution in [3.05, 3.63) is 59.2 Å². The number of nitrogens with two attached hydrogens (primary N) is 1. The van der Waals surface area contributed by atoms with Crippen LogP contribution in [0.2, 0.25) is 0 Å². The number of aliphatic hydroxyl groups is 2. The van der Waals surface area contributed by atoms with Crippen LogP contribution in [0.1, 0.15) is 110 Å². The molecule has 2 amide bonds. The number of ketones is 2. The highest BCUT2D eigenvalue weighted by Gasteiger charge is 2.79. The van der Waals surface area contributed by atoms with Crippen LogP contribution >= 0.6 is 0 Å². The zero-order valence-corrected chi connectivity index (χ0v) is 34.5. The van der Waals surface area contributed by atoms with Crippen molar-refractivity contribution in [3.8, 4) is 0 Å². The molecule has 59 heavy (non-hydrogen) atoms. The van der Waals surface area contributed by atoms with E-state index in [1.807, 2.05) is 31.2 Å². The molecule has 1 heterocycles. The van der Waals surface area contributed by atoms with Gasteiger partial charge in [-0.15, -0.1) is 0 Å². The molecule has 0 unspecified atom stereocenters. The number of aliphatic hydroxyl groups excluding tert-OH is 2. The lowest BCUT2D eigenvalue weighted by Gasteiger charge is -2.71. The zero-order chi connectivity index (χ0) is 42.6. The van der Waals surface area contributed by atoms with Crippen molar-refractivity contribution in [1.29, 1.82) is 0 Å². The number of Topliss-reactive ketones (excluding diaryl/α,β-unsaturated/α-hetero) is 1. The minimum Gasteiger partial charge on any atom is -0.460 e. The molecule has 14 heteroatoms. The average Bonchev–Trinajstić information content (AvgIpc) is 3.64. The molecular weight excluding hydrogens is 762 g/mol. The summed E-state index contributed by atoms with van der Waals surface area (Å²) < 4.78 is 36.3. The third-order valence-corrected chi connectivity index (χ3v) is 15.0. The molecule has 0 spiro atoms. The Kier molecular flexibility index (Phi) is 9.95. The molecule has 318 valence electrons. The lowest BCUT2D eigenvalue weighted by molar-refractivity contribution is -0.231. The van der Waals surface area contributed by atoms with Crippen molar-refractivity contribution < 1.29 is 52.8 Å². The van der Waals surface area contributed by atoms with E-state index in [9.17, 15) is 34.2 Å². The fourth-order valence-electron chi connectivity index (χ4n) is 12.6. The maximum atomic E-state index is 17.7. The molecule has 1 aromatic carbocycles. The van der Waals surface area contributed by atoms with E-state index in [0.29, 0.717) is 30.4 Å². The number of nitrogens with zero attached hydrogens (tertiary/aromatic N) is 1. The van der Waals surface area contributed by atoms with E-state index in [-0.39, 0.29) is 42.7 Å². The molecule has 0 radical (unpaired) electrons. The molecule has 7 aliphatic carbocycles. The number of amides is 2. The van der Waals surface area contributed by atoms with E-state index in [4.69, 9.17) is 19.9 Å². The summed E-state index contributed by atoms with van der Waals surface area (Å²) in [5, 5.41) is 25.2. The number of hydrogen-bond donors (Lipinski definition) is 4. The van der Waals surface area contributed by atoms with Gasteiger partial charge in [0.05, 0.1) is 25.2 Å². The topological polar surface area (TPSA) is 204 Å². The number of halogens is 1. The molecule has 7 fully saturated rings. The van der Waals surface area contributed by atoms with Crippen LogP contribution in [0.4, 0.5) is 4.39 Å². The van der Waals surface area contributed by atoms with Crippen LogP contribution in [0.3, 0.4) is 0 Å². The van der Waals surface area contributed by atoms with Gasteiger partial charge in [-0.25, -0.2) is 9.38 Å². The van der Waals surface area contributed by atoms with Crippen molar-refractivity contribution >= 4 is 35.1 Å². The van der Waals surface area contributed by atoms with Crippen LogP contribution in [-0.2, 0) is 44.6 Å². The number of esters is 1. The number of aliphatic imine (C=N–C) groups is 1. The number of nitrogens with one attached hydrogen (secondary N) is 1. The number of ether oxygens (including phenoxy) is 3. The van der Waals surface area contributed by atoms with Gasteiger partial charge in [-0.1, -0.05) is 42.8 Å². The predicted octanol–water partition coefficient (Wildman–Crippen LogP) is 4.01. The van der Waals surface area contributed by atoms with Gasteiger partial charge in [0.15, 0.2) is 29.1 Å². The fourth-order valence-corrected chi connectivity index (χ4v) is 12.6. The SMILES string of the molecule is CC(C)(C)OC(=O)CCC(=NC(=O)CN)C(=O)NC12CC(Cc3ccc([C@@H]4O[C@@H]5C[C@H]6[C@@H]7CCC8=CC(=O)C=C[C@]8(C)[C@@]7(F)[C@@H](O)C[C@]6(C)[C@]5(C(=O)CO)O4)cc3)(C1)C2. The number of hydrogen-bond acceptors (Lipinski definition) is 11. The summed E-state index contributed by atoms with van der Waals surface area (Å²) in [5.41, 5.74) is 0.842. The Labute approximate surface area is 343 Å². The molecule has 8 aliphatic rings. The second-order valence-corrected chi connectivity index (χ2v) is 19.8. The number of benzene rings is 1. The summed E-state index contributed by atoms with van der Waals surface area (Å²) >= 11 is 0. The third kappa shape index (κ3) is 6.42. The lowest BCUT2D eigenvalue weighted by atomic mass is 9.38. The molecule has 2 bridgehead atoms. The van der Waals surface area contributed by atoms with E-state index in [0.717, 1.165) is 31.2 Å². The first-order valence-electron chi connectivity index (χ1n) is 20.9. The Morgan fingerprint density at radius 2 is 1.76 bits per heavy atom. The standard InChI is InChI=1S/C45H56FN3O10/c1-39(2,3)58-36(55)13-12-31(48-35(54)20-47)37(56)49-43-22-42(23-43,24-43)18-25-6-8-26(9-7-25)38-57-34-17-30-29-11-10-27-16-28(51)14-15-40(27,4)44(29,46)32(52)19-41(30,5)45(34,59-38)33(53)21-50/h6-9,14-16,29-30,32,34,38,50,52H,10-13,17-24,47H2,1-5H3,(H,49,56)/t29-,30-,32-,34+,38+,40-,41-,42?,43?,44-,45+/m0/s1. The molecular formula is C45H56FN3O10. The van der Waals surface area contributed by atoms with Crippen molar-refractivity contribution in [2.75, 3.05) is 13.2 Å². The van der Waals surface area contributed by atoms with Crippen LogP contribution in [0, 0.1) is 28.1 Å².